The molecular formula is C15H14Cl2N2O2. The maximum absolute atomic E-state index is 11.3. The van der Waals surface area contributed by atoms with Gasteiger partial charge in [-0.1, -0.05) is 29.3 Å². The summed E-state index contributed by atoms with van der Waals surface area (Å²) in [4.78, 5) is 15.3. The number of nitrogens with one attached hydrogen (secondary N) is 1. The molecule has 110 valence electrons. The highest BCUT2D eigenvalue weighted by Gasteiger charge is 2.14. The van der Waals surface area contributed by atoms with E-state index in [-0.39, 0.29) is 5.56 Å². The number of aromatic nitrogens is 1. The first-order valence-corrected chi connectivity index (χ1v) is 7.11. The van der Waals surface area contributed by atoms with Crippen LogP contribution in [0.1, 0.15) is 21.5 Å². The number of carboxylic acids is 1. The standard InChI is InChI=1S/C15H14Cl2N2O2/c1-9-4-6-18-14(13(9)15(20)21)19-7-5-10-2-3-11(16)8-12(10)17/h2-4,6,8H,5,7H2,1H3,(H,18,19)(H,20,21). The number of carboxylic acid groups (broad SMARTS) is 1. The molecule has 0 saturated carbocycles. The zero-order valence-electron chi connectivity index (χ0n) is 11.4. The third-order valence-electron chi connectivity index (χ3n) is 3.08. The summed E-state index contributed by atoms with van der Waals surface area (Å²) >= 11 is 11.9. The summed E-state index contributed by atoms with van der Waals surface area (Å²) < 4.78 is 0. The number of carbonyl (C=O) groups is 1. The van der Waals surface area contributed by atoms with Gasteiger partial charge >= 0.3 is 5.97 Å². The van der Waals surface area contributed by atoms with Gasteiger partial charge in [-0.2, -0.15) is 0 Å². The molecule has 0 aliphatic carbocycles. The van der Waals surface area contributed by atoms with E-state index < -0.39 is 5.97 Å². The molecule has 0 fully saturated rings. The summed E-state index contributed by atoms with van der Waals surface area (Å²) in [5.74, 6) is -0.625. The minimum atomic E-state index is -0.993. The Morgan fingerprint density at radius 1 is 1.33 bits per heavy atom. The van der Waals surface area contributed by atoms with Crippen molar-refractivity contribution in [3.8, 4) is 0 Å². The maximum atomic E-state index is 11.3. The van der Waals surface area contributed by atoms with Crippen LogP contribution in [0.5, 0.6) is 0 Å². The first kappa shape index (κ1) is 15.6. The van der Waals surface area contributed by atoms with Crippen molar-refractivity contribution in [2.75, 3.05) is 11.9 Å². The summed E-state index contributed by atoms with van der Waals surface area (Å²) in [6.07, 6.45) is 2.23. The van der Waals surface area contributed by atoms with Crippen molar-refractivity contribution >= 4 is 35.0 Å². The Bertz CT molecular complexity index is 675. The number of hydrogen-bond donors (Lipinski definition) is 2. The van der Waals surface area contributed by atoms with E-state index in [0.717, 1.165) is 5.56 Å². The number of aryl methyl sites for hydroxylation is 1. The molecule has 21 heavy (non-hydrogen) atoms. The molecule has 0 saturated heterocycles. The Morgan fingerprint density at radius 2 is 2.10 bits per heavy atom. The molecule has 0 unspecified atom stereocenters. The van der Waals surface area contributed by atoms with Crippen LogP contribution in [0.2, 0.25) is 10.0 Å². The van der Waals surface area contributed by atoms with Crippen molar-refractivity contribution in [2.24, 2.45) is 0 Å². The smallest absolute Gasteiger partial charge is 0.339 e. The summed E-state index contributed by atoms with van der Waals surface area (Å²) in [6.45, 7) is 2.27. The average Bonchev–Trinajstić information content (AvgIpc) is 2.41. The Morgan fingerprint density at radius 3 is 2.76 bits per heavy atom. The number of pyridine rings is 1. The topological polar surface area (TPSA) is 62.2 Å². The van der Waals surface area contributed by atoms with Crippen molar-refractivity contribution in [2.45, 2.75) is 13.3 Å². The third kappa shape index (κ3) is 3.86. The Balaban J connectivity index is 2.07. The number of hydrogen-bond acceptors (Lipinski definition) is 3. The number of benzene rings is 1. The fourth-order valence-electron chi connectivity index (χ4n) is 2.00. The van der Waals surface area contributed by atoms with Gasteiger partial charge in [-0.3, -0.25) is 0 Å². The Labute approximate surface area is 132 Å². The normalized spacial score (nSPS) is 10.4. The van der Waals surface area contributed by atoms with Crippen molar-refractivity contribution in [3.05, 3.63) is 57.2 Å². The summed E-state index contributed by atoms with van der Waals surface area (Å²) in [5, 5.41) is 13.4. The molecular weight excluding hydrogens is 311 g/mol. The molecule has 2 N–H and O–H groups in total. The van der Waals surface area contributed by atoms with Crippen molar-refractivity contribution in [1.29, 1.82) is 0 Å². The lowest BCUT2D eigenvalue weighted by Gasteiger charge is -2.11. The number of halogens is 2. The van der Waals surface area contributed by atoms with Crippen LogP contribution in [0.4, 0.5) is 5.82 Å². The SMILES string of the molecule is Cc1ccnc(NCCc2ccc(Cl)cc2Cl)c1C(=O)O. The zero-order chi connectivity index (χ0) is 15.4. The monoisotopic (exact) mass is 324 g/mol. The van der Waals surface area contributed by atoms with Gasteiger partial charge in [0.05, 0.1) is 0 Å². The second-order valence-electron chi connectivity index (χ2n) is 4.57. The second-order valence-corrected chi connectivity index (χ2v) is 5.41. The lowest BCUT2D eigenvalue weighted by atomic mass is 10.1. The zero-order valence-corrected chi connectivity index (χ0v) is 12.9. The highest BCUT2D eigenvalue weighted by molar-refractivity contribution is 6.35. The summed E-state index contributed by atoms with van der Waals surface area (Å²) in [6, 6.07) is 6.99. The summed E-state index contributed by atoms with van der Waals surface area (Å²) in [5.41, 5.74) is 1.81. The van der Waals surface area contributed by atoms with Crippen molar-refractivity contribution in [1.82, 2.24) is 4.98 Å². The predicted octanol–water partition coefficient (Wildman–Crippen LogP) is 4.05. The van der Waals surface area contributed by atoms with Gasteiger partial charge < -0.3 is 10.4 Å². The number of anilines is 1. The van der Waals surface area contributed by atoms with Crippen LogP contribution in [-0.4, -0.2) is 22.6 Å². The van der Waals surface area contributed by atoms with E-state index in [9.17, 15) is 9.90 Å². The van der Waals surface area contributed by atoms with Crippen LogP contribution >= 0.6 is 23.2 Å². The molecule has 0 atom stereocenters. The minimum absolute atomic E-state index is 0.194. The molecule has 0 aliphatic heterocycles. The van der Waals surface area contributed by atoms with Crippen LogP contribution < -0.4 is 5.32 Å². The third-order valence-corrected chi connectivity index (χ3v) is 3.66. The molecule has 6 heteroatoms. The largest absolute Gasteiger partial charge is 0.478 e. The molecule has 2 aromatic rings. The summed E-state index contributed by atoms with van der Waals surface area (Å²) in [7, 11) is 0. The number of rotatable bonds is 5. The average molecular weight is 325 g/mol. The molecule has 1 aromatic heterocycles. The molecule has 4 nitrogen and oxygen atoms in total. The lowest BCUT2D eigenvalue weighted by molar-refractivity contribution is 0.0697. The molecule has 0 bridgehead atoms. The van der Waals surface area contributed by atoms with E-state index in [1.165, 1.54) is 0 Å². The van der Waals surface area contributed by atoms with Crippen molar-refractivity contribution in [3.63, 3.8) is 0 Å². The van der Waals surface area contributed by atoms with Crippen LogP contribution in [-0.2, 0) is 6.42 Å². The quantitative estimate of drug-likeness (QED) is 0.870. The fourth-order valence-corrected chi connectivity index (χ4v) is 2.51. The maximum Gasteiger partial charge on any atom is 0.339 e. The highest BCUT2D eigenvalue weighted by atomic mass is 35.5. The van der Waals surface area contributed by atoms with E-state index in [0.29, 0.717) is 34.4 Å². The number of aromatic carboxylic acids is 1. The van der Waals surface area contributed by atoms with E-state index in [1.807, 2.05) is 6.07 Å². The lowest BCUT2D eigenvalue weighted by Crippen LogP contribution is -2.12. The van der Waals surface area contributed by atoms with Gasteiger partial charge in [-0.25, -0.2) is 9.78 Å². The van der Waals surface area contributed by atoms with Crippen LogP contribution in [0.15, 0.2) is 30.5 Å². The predicted molar refractivity (Wildman–Crippen MR) is 84.6 cm³/mol. The van der Waals surface area contributed by atoms with Gasteiger partial charge in [0.2, 0.25) is 0 Å². The first-order chi connectivity index (χ1) is 9.99. The second kappa shape index (κ2) is 6.78. The molecule has 1 heterocycles. The van der Waals surface area contributed by atoms with E-state index >= 15 is 0 Å². The van der Waals surface area contributed by atoms with Crippen LogP contribution in [0.3, 0.4) is 0 Å². The van der Waals surface area contributed by atoms with E-state index in [1.54, 1.807) is 31.3 Å². The highest BCUT2D eigenvalue weighted by Crippen LogP contribution is 2.22. The van der Waals surface area contributed by atoms with E-state index in [2.05, 4.69) is 10.3 Å². The Hall–Kier alpha value is -1.78. The van der Waals surface area contributed by atoms with Gasteiger partial charge in [-0.05, 0) is 42.7 Å². The van der Waals surface area contributed by atoms with Crippen LogP contribution in [0.25, 0.3) is 0 Å². The van der Waals surface area contributed by atoms with E-state index in [4.69, 9.17) is 23.2 Å². The molecule has 0 radical (unpaired) electrons. The van der Waals surface area contributed by atoms with Gasteiger partial charge in [-0.15, -0.1) is 0 Å². The Kier molecular flexibility index (Phi) is 5.04. The number of nitrogens with zero attached hydrogens (tertiary/aromatic N) is 1. The molecule has 0 amide bonds. The van der Waals surface area contributed by atoms with Crippen molar-refractivity contribution < 1.29 is 9.90 Å². The first-order valence-electron chi connectivity index (χ1n) is 6.35. The molecule has 0 aliphatic rings. The molecule has 0 spiro atoms. The minimum Gasteiger partial charge on any atom is -0.478 e. The fraction of sp³-hybridized carbons (Fsp3) is 0.200. The molecule has 2 rings (SSSR count). The van der Waals surface area contributed by atoms with Gasteiger partial charge in [0, 0.05) is 22.8 Å². The van der Waals surface area contributed by atoms with Gasteiger partial charge in [0.15, 0.2) is 0 Å². The van der Waals surface area contributed by atoms with Crippen LogP contribution in [0, 0.1) is 6.92 Å². The molecule has 1 aromatic carbocycles. The van der Waals surface area contributed by atoms with Gasteiger partial charge in [0.1, 0.15) is 11.4 Å². The van der Waals surface area contributed by atoms with Gasteiger partial charge in [0.25, 0.3) is 0 Å².